The number of hydrogen-bond donors (Lipinski definition) is 1. The van der Waals surface area contributed by atoms with Gasteiger partial charge in [0.15, 0.2) is 11.6 Å². The normalized spacial score (nSPS) is 11.3. The van der Waals surface area contributed by atoms with Crippen LogP contribution in [0.15, 0.2) is 42.5 Å². The summed E-state index contributed by atoms with van der Waals surface area (Å²) in [6.07, 6.45) is -4.92. The molecule has 2 aromatic carbocycles. The van der Waals surface area contributed by atoms with Crippen LogP contribution in [-0.2, 0) is 12.8 Å². The number of alkyl halides is 3. The molecular formula is C15H10F4O3. The molecule has 0 amide bonds. The molecule has 0 atom stereocenters. The number of hydrogen-bond acceptors (Lipinski definition) is 2. The molecule has 1 N–H and O–H groups in total. The molecular weight excluding hydrogens is 304 g/mol. The monoisotopic (exact) mass is 314 g/mol. The number of ether oxygens (including phenoxy) is 1. The Bertz CT molecular complexity index is 681. The summed E-state index contributed by atoms with van der Waals surface area (Å²) in [6.45, 7) is -0.137. The van der Waals surface area contributed by atoms with Crippen LogP contribution < -0.4 is 4.74 Å². The van der Waals surface area contributed by atoms with Gasteiger partial charge in [-0.15, -0.1) is 0 Å². The van der Waals surface area contributed by atoms with Gasteiger partial charge < -0.3 is 9.84 Å². The van der Waals surface area contributed by atoms with Gasteiger partial charge in [0.1, 0.15) is 6.61 Å². The van der Waals surface area contributed by atoms with Crippen LogP contribution in [0.1, 0.15) is 21.5 Å². The Morgan fingerprint density at radius 3 is 2.32 bits per heavy atom. The fourth-order valence-electron chi connectivity index (χ4n) is 1.81. The maximum Gasteiger partial charge on any atom is 0.417 e. The second-order valence-corrected chi connectivity index (χ2v) is 4.41. The van der Waals surface area contributed by atoms with Crippen molar-refractivity contribution in [2.45, 2.75) is 12.8 Å². The van der Waals surface area contributed by atoms with Gasteiger partial charge in [-0.2, -0.15) is 13.2 Å². The Hall–Kier alpha value is -2.57. The van der Waals surface area contributed by atoms with Gasteiger partial charge in [-0.05, 0) is 17.7 Å². The lowest BCUT2D eigenvalue weighted by Crippen LogP contribution is -2.14. The van der Waals surface area contributed by atoms with Crippen LogP contribution in [0.2, 0.25) is 0 Å². The van der Waals surface area contributed by atoms with Crippen molar-refractivity contribution in [2.24, 2.45) is 0 Å². The molecule has 0 bridgehead atoms. The fourth-order valence-corrected chi connectivity index (χ4v) is 1.81. The first-order valence-electron chi connectivity index (χ1n) is 6.10. The zero-order chi connectivity index (χ0) is 16.3. The summed E-state index contributed by atoms with van der Waals surface area (Å²) < 4.78 is 57.3. The maximum atomic E-state index is 13.7. The highest BCUT2D eigenvalue weighted by Gasteiger charge is 2.36. The van der Waals surface area contributed by atoms with Crippen molar-refractivity contribution in [2.75, 3.05) is 0 Å². The van der Waals surface area contributed by atoms with E-state index in [4.69, 9.17) is 9.84 Å². The smallest absolute Gasteiger partial charge is 0.417 e. The van der Waals surface area contributed by atoms with E-state index in [0.29, 0.717) is 17.7 Å². The SMILES string of the molecule is O=C(O)c1cc(F)c(OCc2ccccc2)cc1C(F)(F)F. The minimum atomic E-state index is -4.92. The van der Waals surface area contributed by atoms with Gasteiger partial charge in [0, 0.05) is 0 Å². The van der Waals surface area contributed by atoms with E-state index in [9.17, 15) is 22.4 Å². The second kappa shape index (κ2) is 6.05. The molecule has 0 radical (unpaired) electrons. The van der Waals surface area contributed by atoms with E-state index in [-0.39, 0.29) is 6.61 Å². The number of carboxylic acids is 1. The van der Waals surface area contributed by atoms with Crippen LogP contribution in [0.5, 0.6) is 5.75 Å². The molecule has 0 fully saturated rings. The van der Waals surface area contributed by atoms with Crippen LogP contribution in [0.25, 0.3) is 0 Å². The van der Waals surface area contributed by atoms with Crippen molar-refractivity contribution < 1.29 is 32.2 Å². The minimum Gasteiger partial charge on any atom is -0.486 e. The molecule has 0 saturated carbocycles. The Balaban J connectivity index is 2.34. The summed E-state index contributed by atoms with van der Waals surface area (Å²) in [6, 6.07) is 9.14. The average Bonchev–Trinajstić information content (AvgIpc) is 2.45. The van der Waals surface area contributed by atoms with Crippen molar-refractivity contribution in [1.82, 2.24) is 0 Å². The topological polar surface area (TPSA) is 46.5 Å². The van der Waals surface area contributed by atoms with Gasteiger partial charge >= 0.3 is 12.1 Å². The van der Waals surface area contributed by atoms with E-state index in [1.165, 1.54) is 0 Å². The van der Waals surface area contributed by atoms with E-state index >= 15 is 0 Å². The van der Waals surface area contributed by atoms with Crippen molar-refractivity contribution >= 4 is 5.97 Å². The number of benzene rings is 2. The minimum absolute atomic E-state index is 0.137. The Labute approximate surface area is 122 Å². The summed E-state index contributed by atoms with van der Waals surface area (Å²) >= 11 is 0. The van der Waals surface area contributed by atoms with Crippen LogP contribution in [0.3, 0.4) is 0 Å². The molecule has 0 unspecified atom stereocenters. The quantitative estimate of drug-likeness (QED) is 0.864. The van der Waals surface area contributed by atoms with E-state index in [1.54, 1.807) is 30.3 Å². The van der Waals surface area contributed by atoms with Gasteiger partial charge in [-0.3, -0.25) is 0 Å². The van der Waals surface area contributed by atoms with E-state index < -0.39 is 34.8 Å². The molecule has 0 aliphatic heterocycles. The summed E-state index contributed by atoms with van der Waals surface area (Å²) in [5.74, 6) is -3.68. The molecule has 116 valence electrons. The number of aromatic carboxylic acids is 1. The average molecular weight is 314 g/mol. The van der Waals surface area contributed by atoms with Crippen LogP contribution in [0.4, 0.5) is 17.6 Å². The Morgan fingerprint density at radius 1 is 1.14 bits per heavy atom. The largest absolute Gasteiger partial charge is 0.486 e. The molecule has 2 rings (SSSR count). The van der Waals surface area contributed by atoms with Gasteiger partial charge in [-0.25, -0.2) is 9.18 Å². The fraction of sp³-hybridized carbons (Fsp3) is 0.133. The Morgan fingerprint density at radius 2 is 1.77 bits per heavy atom. The maximum absolute atomic E-state index is 13.7. The Kier molecular flexibility index (Phi) is 4.35. The number of carboxylic acid groups (broad SMARTS) is 1. The summed E-state index contributed by atoms with van der Waals surface area (Å²) in [7, 11) is 0. The molecule has 0 aliphatic carbocycles. The third-order valence-corrected chi connectivity index (χ3v) is 2.85. The first-order valence-corrected chi connectivity index (χ1v) is 6.10. The lowest BCUT2D eigenvalue weighted by atomic mass is 10.1. The highest BCUT2D eigenvalue weighted by atomic mass is 19.4. The van der Waals surface area contributed by atoms with Crippen molar-refractivity contribution in [3.8, 4) is 5.75 Å². The molecule has 2 aromatic rings. The zero-order valence-electron chi connectivity index (χ0n) is 11.0. The lowest BCUT2D eigenvalue weighted by molar-refractivity contribution is -0.138. The predicted octanol–water partition coefficient (Wildman–Crippen LogP) is 4.12. The molecule has 0 saturated heterocycles. The van der Waals surface area contributed by atoms with Crippen molar-refractivity contribution in [3.63, 3.8) is 0 Å². The van der Waals surface area contributed by atoms with Gasteiger partial charge in [0.2, 0.25) is 0 Å². The van der Waals surface area contributed by atoms with E-state index in [1.807, 2.05) is 0 Å². The van der Waals surface area contributed by atoms with E-state index in [2.05, 4.69) is 0 Å². The number of carbonyl (C=O) groups is 1. The van der Waals surface area contributed by atoms with Gasteiger partial charge in [0.25, 0.3) is 0 Å². The molecule has 0 aromatic heterocycles. The van der Waals surface area contributed by atoms with Crippen LogP contribution >= 0.6 is 0 Å². The van der Waals surface area contributed by atoms with E-state index in [0.717, 1.165) is 0 Å². The second-order valence-electron chi connectivity index (χ2n) is 4.41. The molecule has 0 heterocycles. The molecule has 7 heteroatoms. The van der Waals surface area contributed by atoms with Crippen molar-refractivity contribution in [1.29, 1.82) is 0 Å². The molecule has 0 aliphatic rings. The summed E-state index contributed by atoms with van der Waals surface area (Å²) in [5.41, 5.74) is -1.97. The van der Waals surface area contributed by atoms with Crippen LogP contribution in [0, 0.1) is 5.82 Å². The molecule has 3 nitrogen and oxygen atoms in total. The lowest BCUT2D eigenvalue weighted by Gasteiger charge is -2.14. The standard InChI is InChI=1S/C15H10F4O3/c16-12-6-10(14(20)21)11(15(17,18)19)7-13(12)22-8-9-4-2-1-3-5-9/h1-7H,8H2,(H,20,21). The van der Waals surface area contributed by atoms with Crippen LogP contribution in [-0.4, -0.2) is 11.1 Å². The third-order valence-electron chi connectivity index (χ3n) is 2.85. The predicted molar refractivity (Wildman–Crippen MR) is 69.1 cm³/mol. The van der Waals surface area contributed by atoms with Gasteiger partial charge in [-0.1, -0.05) is 30.3 Å². The van der Waals surface area contributed by atoms with Crippen molar-refractivity contribution in [3.05, 3.63) is 65.0 Å². The van der Waals surface area contributed by atoms with Gasteiger partial charge in [0.05, 0.1) is 11.1 Å². The highest BCUT2D eigenvalue weighted by molar-refractivity contribution is 5.90. The number of rotatable bonds is 4. The molecule has 22 heavy (non-hydrogen) atoms. The third kappa shape index (κ3) is 3.55. The summed E-state index contributed by atoms with van der Waals surface area (Å²) in [5, 5.41) is 8.74. The first kappa shape index (κ1) is 15.8. The molecule has 0 spiro atoms. The zero-order valence-corrected chi connectivity index (χ0v) is 11.0. The summed E-state index contributed by atoms with van der Waals surface area (Å²) in [4.78, 5) is 10.8. The first-order chi connectivity index (χ1) is 10.3. The number of halogens is 4. The highest BCUT2D eigenvalue weighted by Crippen LogP contribution is 2.36.